The van der Waals surface area contributed by atoms with E-state index >= 15 is 0 Å². The third-order valence-electron chi connectivity index (χ3n) is 3.36. The van der Waals surface area contributed by atoms with Crippen molar-refractivity contribution in [3.8, 4) is 0 Å². The van der Waals surface area contributed by atoms with Crippen molar-refractivity contribution in [3.05, 3.63) is 59.9 Å². The Balaban J connectivity index is 2.03. The molecule has 0 saturated carbocycles. The summed E-state index contributed by atoms with van der Waals surface area (Å²) in [6, 6.07) is 11.8. The Bertz CT molecular complexity index is 587. The van der Waals surface area contributed by atoms with Gasteiger partial charge < -0.3 is 10.0 Å². The number of carbonyl (C=O) groups excluding carboxylic acids is 1. The zero-order chi connectivity index (χ0) is 15.8. The van der Waals surface area contributed by atoms with Gasteiger partial charge in [0.25, 0.3) is 0 Å². The van der Waals surface area contributed by atoms with Crippen molar-refractivity contribution in [2.45, 2.75) is 17.9 Å². The van der Waals surface area contributed by atoms with Crippen LogP contribution in [-0.4, -0.2) is 40.3 Å². The lowest BCUT2D eigenvalue weighted by Crippen LogP contribution is -2.34. The SMILES string of the molecule is CSc1ccc(CN(CCO)C(=O)Cc2ccncc2)cc1. The molecule has 22 heavy (non-hydrogen) atoms. The molecule has 0 radical (unpaired) electrons. The van der Waals surface area contributed by atoms with E-state index in [9.17, 15) is 9.90 Å². The van der Waals surface area contributed by atoms with E-state index in [0.29, 0.717) is 19.5 Å². The summed E-state index contributed by atoms with van der Waals surface area (Å²) in [6.45, 7) is 0.818. The first-order chi connectivity index (χ1) is 10.7. The molecule has 1 aromatic carbocycles. The minimum Gasteiger partial charge on any atom is -0.395 e. The number of aliphatic hydroxyl groups excluding tert-OH is 1. The maximum absolute atomic E-state index is 12.4. The second kappa shape index (κ2) is 8.56. The highest BCUT2D eigenvalue weighted by Gasteiger charge is 2.14. The van der Waals surface area contributed by atoms with Crippen LogP contribution in [0.4, 0.5) is 0 Å². The fourth-order valence-corrected chi connectivity index (χ4v) is 2.56. The molecule has 0 bridgehead atoms. The molecule has 0 fully saturated rings. The second-order valence-electron chi connectivity index (χ2n) is 4.92. The van der Waals surface area contributed by atoms with Crippen LogP contribution in [0.5, 0.6) is 0 Å². The zero-order valence-corrected chi connectivity index (χ0v) is 13.4. The fourth-order valence-electron chi connectivity index (χ4n) is 2.15. The van der Waals surface area contributed by atoms with Gasteiger partial charge in [-0.2, -0.15) is 0 Å². The van der Waals surface area contributed by atoms with Gasteiger partial charge in [-0.05, 0) is 41.6 Å². The number of nitrogens with zero attached hydrogens (tertiary/aromatic N) is 2. The summed E-state index contributed by atoms with van der Waals surface area (Å²) in [6.07, 6.45) is 5.72. The van der Waals surface area contributed by atoms with E-state index in [1.807, 2.05) is 42.7 Å². The number of carbonyl (C=O) groups is 1. The van der Waals surface area contributed by atoms with Crippen molar-refractivity contribution in [2.24, 2.45) is 0 Å². The Hall–Kier alpha value is -1.85. The minimum atomic E-state index is -0.0367. The largest absolute Gasteiger partial charge is 0.395 e. The molecule has 4 nitrogen and oxygen atoms in total. The molecule has 0 atom stereocenters. The summed E-state index contributed by atoms with van der Waals surface area (Å²) in [4.78, 5) is 19.3. The van der Waals surface area contributed by atoms with Gasteiger partial charge in [-0.15, -0.1) is 11.8 Å². The first-order valence-corrected chi connectivity index (χ1v) is 8.36. The molecular formula is C17H20N2O2S. The van der Waals surface area contributed by atoms with Crippen molar-refractivity contribution in [1.29, 1.82) is 0 Å². The fraction of sp³-hybridized carbons (Fsp3) is 0.294. The smallest absolute Gasteiger partial charge is 0.227 e. The van der Waals surface area contributed by atoms with Gasteiger partial charge in [0.05, 0.1) is 13.0 Å². The van der Waals surface area contributed by atoms with Gasteiger partial charge in [-0.3, -0.25) is 9.78 Å². The summed E-state index contributed by atoms with van der Waals surface area (Å²) < 4.78 is 0. The molecule has 0 unspecified atom stereocenters. The second-order valence-corrected chi connectivity index (χ2v) is 5.80. The number of amides is 1. The summed E-state index contributed by atoms with van der Waals surface area (Å²) in [5.41, 5.74) is 2.00. The number of aromatic nitrogens is 1. The molecule has 0 aliphatic heterocycles. The third kappa shape index (κ3) is 4.86. The molecule has 116 valence electrons. The van der Waals surface area contributed by atoms with Gasteiger partial charge >= 0.3 is 0 Å². The van der Waals surface area contributed by atoms with Gasteiger partial charge in [-0.1, -0.05) is 12.1 Å². The van der Waals surface area contributed by atoms with Crippen LogP contribution in [0.25, 0.3) is 0 Å². The molecule has 1 amide bonds. The lowest BCUT2D eigenvalue weighted by atomic mass is 10.1. The predicted octanol–water partition coefficient (Wildman–Crippen LogP) is 2.37. The van der Waals surface area contributed by atoms with Crippen molar-refractivity contribution in [3.63, 3.8) is 0 Å². The highest BCUT2D eigenvalue weighted by atomic mass is 32.2. The molecule has 0 aliphatic carbocycles. The molecule has 5 heteroatoms. The molecule has 0 aliphatic rings. The number of benzene rings is 1. The Morgan fingerprint density at radius 2 is 1.82 bits per heavy atom. The van der Waals surface area contributed by atoms with E-state index in [1.165, 1.54) is 4.90 Å². The van der Waals surface area contributed by atoms with Crippen LogP contribution < -0.4 is 0 Å². The number of pyridine rings is 1. The molecular weight excluding hydrogens is 296 g/mol. The standard InChI is InChI=1S/C17H20N2O2S/c1-22-16-4-2-15(3-5-16)13-19(10-11-20)17(21)12-14-6-8-18-9-7-14/h2-9,20H,10-13H2,1H3. The maximum atomic E-state index is 12.4. The van der Waals surface area contributed by atoms with E-state index < -0.39 is 0 Å². The number of hydrogen-bond donors (Lipinski definition) is 1. The normalized spacial score (nSPS) is 10.5. The lowest BCUT2D eigenvalue weighted by Gasteiger charge is -2.22. The van der Waals surface area contributed by atoms with Crippen molar-refractivity contribution >= 4 is 17.7 Å². The molecule has 2 rings (SSSR count). The molecule has 0 saturated heterocycles. The summed E-state index contributed by atoms with van der Waals surface area (Å²) >= 11 is 1.69. The van der Waals surface area contributed by atoms with Gasteiger partial charge in [0.2, 0.25) is 5.91 Å². The van der Waals surface area contributed by atoms with Crippen LogP contribution in [0.15, 0.2) is 53.7 Å². The Kier molecular flexibility index (Phi) is 6.43. The maximum Gasteiger partial charge on any atom is 0.227 e. The van der Waals surface area contributed by atoms with Crippen molar-refractivity contribution in [1.82, 2.24) is 9.88 Å². The molecule has 2 aromatic rings. The summed E-state index contributed by atoms with van der Waals surface area (Å²) in [5.74, 6) is 0.00851. The monoisotopic (exact) mass is 316 g/mol. The average Bonchev–Trinajstić information content (AvgIpc) is 2.56. The molecule has 0 spiro atoms. The van der Waals surface area contributed by atoms with E-state index in [1.54, 1.807) is 29.1 Å². The van der Waals surface area contributed by atoms with E-state index in [4.69, 9.17) is 0 Å². The molecule has 1 aromatic heterocycles. The molecule has 1 N–H and O–H groups in total. The molecule has 1 heterocycles. The quantitative estimate of drug-likeness (QED) is 0.797. The highest BCUT2D eigenvalue weighted by Crippen LogP contribution is 2.16. The van der Waals surface area contributed by atoms with Crippen molar-refractivity contribution < 1.29 is 9.90 Å². The summed E-state index contributed by atoms with van der Waals surface area (Å²) in [7, 11) is 0. The first-order valence-electron chi connectivity index (χ1n) is 7.13. The Morgan fingerprint density at radius 3 is 2.41 bits per heavy atom. The highest BCUT2D eigenvalue weighted by molar-refractivity contribution is 7.98. The number of rotatable bonds is 7. The van der Waals surface area contributed by atoms with Crippen molar-refractivity contribution in [2.75, 3.05) is 19.4 Å². The van der Waals surface area contributed by atoms with Crippen LogP contribution in [0.1, 0.15) is 11.1 Å². The lowest BCUT2D eigenvalue weighted by molar-refractivity contribution is -0.131. The van der Waals surface area contributed by atoms with Crippen LogP contribution in [0.2, 0.25) is 0 Å². The van der Waals surface area contributed by atoms with Crippen LogP contribution in [0.3, 0.4) is 0 Å². The van der Waals surface area contributed by atoms with Crippen LogP contribution in [-0.2, 0) is 17.8 Å². The number of aliphatic hydroxyl groups is 1. The summed E-state index contributed by atoms with van der Waals surface area (Å²) in [5, 5.41) is 9.20. The van der Waals surface area contributed by atoms with E-state index in [2.05, 4.69) is 4.98 Å². The van der Waals surface area contributed by atoms with Gasteiger partial charge in [0, 0.05) is 30.4 Å². The Morgan fingerprint density at radius 1 is 1.14 bits per heavy atom. The number of hydrogen-bond acceptors (Lipinski definition) is 4. The first kappa shape index (κ1) is 16.5. The van der Waals surface area contributed by atoms with E-state index in [0.717, 1.165) is 11.1 Å². The van der Waals surface area contributed by atoms with Crippen LogP contribution in [0, 0.1) is 0 Å². The van der Waals surface area contributed by atoms with Gasteiger partial charge in [0.1, 0.15) is 0 Å². The zero-order valence-electron chi connectivity index (χ0n) is 12.6. The Labute approximate surface area is 135 Å². The topological polar surface area (TPSA) is 53.4 Å². The third-order valence-corrected chi connectivity index (χ3v) is 4.10. The minimum absolute atomic E-state index is 0.00851. The van der Waals surface area contributed by atoms with Gasteiger partial charge in [-0.25, -0.2) is 0 Å². The number of thioether (sulfide) groups is 1. The van der Waals surface area contributed by atoms with Crippen LogP contribution >= 0.6 is 11.8 Å². The predicted molar refractivity (Wildman–Crippen MR) is 88.7 cm³/mol. The van der Waals surface area contributed by atoms with Gasteiger partial charge in [0.15, 0.2) is 0 Å². The average molecular weight is 316 g/mol. The van der Waals surface area contributed by atoms with E-state index in [-0.39, 0.29) is 12.5 Å².